The van der Waals surface area contributed by atoms with Crippen LogP contribution in [0.25, 0.3) is 0 Å². The van der Waals surface area contributed by atoms with Gasteiger partial charge in [0.2, 0.25) is 0 Å². The molecule has 0 amide bonds. The van der Waals surface area contributed by atoms with E-state index in [2.05, 4.69) is 30.5 Å². The maximum absolute atomic E-state index is 9.60. The molecule has 145 valence electrons. The number of pyridine rings is 1. The molecule has 1 radical (unpaired) electrons. The van der Waals surface area contributed by atoms with Gasteiger partial charge < -0.3 is 64.0 Å². The van der Waals surface area contributed by atoms with Crippen molar-refractivity contribution in [1.82, 2.24) is 4.98 Å². The van der Waals surface area contributed by atoms with Gasteiger partial charge in [0, 0.05) is 52.0 Å². The fourth-order valence-electron chi connectivity index (χ4n) is 0.577. The summed E-state index contributed by atoms with van der Waals surface area (Å²) in [4.78, 5) is 7.00. The molecule has 0 bridgehead atoms. The van der Waals surface area contributed by atoms with Gasteiger partial charge in [-0.1, -0.05) is 6.07 Å². The molecule has 9 nitrogen and oxygen atoms in total. The topological polar surface area (TPSA) is 155 Å². The van der Waals surface area contributed by atoms with Crippen LogP contribution in [0.4, 0.5) is 0 Å². The third-order valence-electron chi connectivity index (χ3n) is 2.16. The Balaban J connectivity index is -0.000000124. The van der Waals surface area contributed by atoms with Crippen molar-refractivity contribution in [2.45, 2.75) is 27.7 Å². The maximum Gasteiger partial charge on any atom is 0.0465 e. The van der Waals surface area contributed by atoms with E-state index in [-0.39, 0.29) is 39.6 Å². The average Bonchev–Trinajstić information content (AvgIpc) is 2.69. The first-order valence-electron chi connectivity index (χ1n) is 6.24. The average molecular weight is 507 g/mol. The van der Waals surface area contributed by atoms with E-state index in [0.717, 1.165) is 0 Å². The van der Waals surface area contributed by atoms with Crippen molar-refractivity contribution in [1.29, 1.82) is 0 Å². The summed E-state index contributed by atoms with van der Waals surface area (Å²) >= 11 is 1.90. The maximum atomic E-state index is 9.60. The summed E-state index contributed by atoms with van der Waals surface area (Å²) in [6.45, 7) is 5.74. The molecule has 0 saturated carbocycles. The Labute approximate surface area is 171 Å². The SMILES string of the molecule is CC(=N[O-])C(C)=N[O-].CC(=N[O-])C(C)=N[O-].[CH2-]I.[Co].c1ccncc1. The van der Waals surface area contributed by atoms with Crippen LogP contribution in [0.1, 0.15) is 27.7 Å². The van der Waals surface area contributed by atoms with E-state index < -0.39 is 0 Å². The van der Waals surface area contributed by atoms with E-state index in [1.165, 1.54) is 27.7 Å². The van der Waals surface area contributed by atoms with Crippen molar-refractivity contribution in [2.75, 3.05) is 0 Å². The molecule has 11 heteroatoms. The van der Waals surface area contributed by atoms with E-state index in [1.54, 1.807) is 12.4 Å². The van der Waals surface area contributed by atoms with Crippen LogP contribution in [0.3, 0.4) is 0 Å². The van der Waals surface area contributed by atoms with Gasteiger partial charge in [0.1, 0.15) is 0 Å². The molecule has 1 rings (SSSR count). The quantitative estimate of drug-likeness (QED) is 0.255. The number of halogens is 1. The Hall–Kier alpha value is -1.73. The van der Waals surface area contributed by atoms with Crippen LogP contribution >= 0.6 is 22.6 Å². The van der Waals surface area contributed by atoms with Crippen molar-refractivity contribution in [3.05, 3.63) is 56.4 Å². The molecule has 1 aromatic heterocycles. The van der Waals surface area contributed by atoms with Crippen molar-refractivity contribution in [3.8, 4) is 0 Å². The molecular formula is C14H19CoIN5O4-5. The Kier molecular flexibility index (Phi) is 30.5. The third-order valence-corrected chi connectivity index (χ3v) is 2.16. The smallest absolute Gasteiger partial charge is 0.0465 e. The first kappa shape index (κ1) is 31.1. The summed E-state index contributed by atoms with van der Waals surface area (Å²) in [5.41, 5.74) is 0.556. The van der Waals surface area contributed by atoms with Crippen LogP contribution in [0.2, 0.25) is 0 Å². The Morgan fingerprint density at radius 3 is 1.00 bits per heavy atom. The predicted octanol–water partition coefficient (Wildman–Crippen LogP) is 4.10. The largest absolute Gasteiger partial charge is 0.792 e. The van der Waals surface area contributed by atoms with Gasteiger partial charge in [0.05, 0.1) is 0 Å². The fourth-order valence-corrected chi connectivity index (χ4v) is 0.577. The molecule has 0 aliphatic rings. The molecule has 0 aromatic carbocycles. The van der Waals surface area contributed by atoms with Gasteiger partial charge >= 0.3 is 0 Å². The van der Waals surface area contributed by atoms with Crippen LogP contribution in [0.15, 0.2) is 51.2 Å². The number of aromatic nitrogens is 1. The van der Waals surface area contributed by atoms with Gasteiger partial charge in [-0.3, -0.25) is 9.91 Å². The minimum atomic E-state index is 0. The van der Waals surface area contributed by atoms with Gasteiger partial charge in [-0.25, -0.2) is 0 Å². The Morgan fingerprint density at radius 1 is 0.680 bits per heavy atom. The van der Waals surface area contributed by atoms with Gasteiger partial charge in [-0.05, 0) is 39.8 Å². The first-order chi connectivity index (χ1) is 11.4. The van der Waals surface area contributed by atoms with E-state index >= 15 is 0 Å². The second kappa shape index (κ2) is 24.5. The molecule has 0 atom stereocenters. The molecule has 25 heavy (non-hydrogen) atoms. The number of hydrogen-bond donors (Lipinski definition) is 0. The molecule has 0 fully saturated rings. The molecule has 0 N–H and O–H groups in total. The van der Waals surface area contributed by atoms with E-state index in [4.69, 9.17) is 0 Å². The molecule has 0 unspecified atom stereocenters. The summed E-state index contributed by atoms with van der Waals surface area (Å²) in [6.07, 6.45) is 3.50. The van der Waals surface area contributed by atoms with Crippen LogP contribution < -0.4 is 0 Å². The Bertz CT molecular complexity index is 435. The number of rotatable bonds is 2. The molecule has 1 aromatic rings. The zero-order valence-corrected chi connectivity index (χ0v) is 17.4. The number of nitrogens with zero attached hydrogens (tertiary/aromatic N) is 5. The standard InChI is InChI=1S/C5H5N.2C4H8N2O2.CH2I.Co/c1-2-4-6-5-3-1;2*1-3(5-7)4(2)6-8;1-2;/h1-5H;2*7-8H,1-2H3;1H2;/q;;;-1;/p-4. The van der Waals surface area contributed by atoms with Gasteiger partial charge in [-0.2, -0.15) is 0 Å². The summed E-state index contributed by atoms with van der Waals surface area (Å²) in [6, 6.07) is 5.72. The second-order valence-electron chi connectivity index (χ2n) is 3.73. The molecule has 1 heterocycles. The third kappa shape index (κ3) is 22.3. The van der Waals surface area contributed by atoms with Crippen molar-refractivity contribution < 1.29 is 16.8 Å². The van der Waals surface area contributed by atoms with Gasteiger partial charge in [0.15, 0.2) is 0 Å². The zero-order chi connectivity index (χ0) is 19.4. The van der Waals surface area contributed by atoms with E-state index in [1.807, 2.05) is 40.8 Å². The van der Waals surface area contributed by atoms with Crippen molar-refractivity contribution in [3.63, 3.8) is 0 Å². The number of hydrogen-bond acceptors (Lipinski definition) is 9. The molecular weight excluding hydrogens is 488 g/mol. The van der Waals surface area contributed by atoms with Crippen LogP contribution in [0.5, 0.6) is 0 Å². The van der Waals surface area contributed by atoms with E-state index in [9.17, 15) is 20.8 Å². The summed E-state index contributed by atoms with van der Waals surface area (Å²) < 4.78 is 0. The fraction of sp³-hybridized carbons (Fsp3) is 0.286. The van der Waals surface area contributed by atoms with Gasteiger partial charge in [-0.15, -0.1) is 0 Å². The van der Waals surface area contributed by atoms with E-state index in [0.29, 0.717) is 0 Å². The summed E-state index contributed by atoms with van der Waals surface area (Å²) in [7, 11) is 0. The normalized spacial score (nSPS) is 11.3. The van der Waals surface area contributed by atoms with Crippen molar-refractivity contribution in [2.24, 2.45) is 20.6 Å². The van der Waals surface area contributed by atoms with Crippen LogP contribution in [-0.2, 0) is 16.8 Å². The molecule has 0 saturated heterocycles. The molecule has 0 spiro atoms. The Morgan fingerprint density at radius 2 is 0.920 bits per heavy atom. The zero-order valence-electron chi connectivity index (χ0n) is 14.2. The summed E-state index contributed by atoms with van der Waals surface area (Å²) in [5.74, 6) is 0. The predicted molar refractivity (Wildman–Crippen MR) is 110 cm³/mol. The molecule has 0 aliphatic heterocycles. The molecule has 0 aliphatic carbocycles. The monoisotopic (exact) mass is 507 g/mol. The van der Waals surface area contributed by atoms with Crippen LogP contribution in [-0.4, -0.2) is 27.8 Å². The van der Waals surface area contributed by atoms with Gasteiger partial charge in [0.25, 0.3) is 0 Å². The minimum absolute atomic E-state index is 0. The first-order valence-corrected chi connectivity index (χ1v) is 7.77. The van der Waals surface area contributed by atoms with Crippen LogP contribution in [0, 0.1) is 25.8 Å². The summed E-state index contributed by atoms with van der Waals surface area (Å²) in [5, 5.41) is 48.4. The van der Waals surface area contributed by atoms with Crippen molar-refractivity contribution >= 4 is 45.4 Å². The minimum Gasteiger partial charge on any atom is -0.792 e. The second-order valence-corrected chi connectivity index (χ2v) is 3.73.